The summed E-state index contributed by atoms with van der Waals surface area (Å²) in [7, 11) is 0. The second-order valence-electron chi connectivity index (χ2n) is 4.22. The zero-order chi connectivity index (χ0) is 15.0. The van der Waals surface area contributed by atoms with E-state index in [4.69, 9.17) is 0 Å². The highest BCUT2D eigenvalue weighted by Crippen LogP contribution is 2.12. The van der Waals surface area contributed by atoms with Crippen molar-refractivity contribution in [3.63, 3.8) is 0 Å². The molecule has 1 aromatic heterocycles. The Labute approximate surface area is 122 Å². The van der Waals surface area contributed by atoms with Gasteiger partial charge in [0.2, 0.25) is 5.13 Å². The summed E-state index contributed by atoms with van der Waals surface area (Å²) in [6.07, 6.45) is 0.818. The second kappa shape index (κ2) is 8.60. The first-order valence-electron chi connectivity index (χ1n) is 6.68. The van der Waals surface area contributed by atoms with Crippen LogP contribution in [0.25, 0.3) is 0 Å². The van der Waals surface area contributed by atoms with E-state index in [1.165, 1.54) is 11.3 Å². The van der Waals surface area contributed by atoms with Crippen LogP contribution in [0.15, 0.2) is 0 Å². The second-order valence-corrected chi connectivity index (χ2v) is 5.40. The molecule has 0 fully saturated rings. The molecule has 0 aromatic carbocycles. The number of carbonyl (C=O) groups is 2. The summed E-state index contributed by atoms with van der Waals surface area (Å²) in [6, 6.07) is 0. The lowest BCUT2D eigenvalue weighted by Gasteiger charge is -2.17. The van der Waals surface area contributed by atoms with Crippen LogP contribution >= 0.6 is 11.3 Å². The van der Waals surface area contributed by atoms with Gasteiger partial charge in [-0.1, -0.05) is 25.2 Å². The van der Waals surface area contributed by atoms with Gasteiger partial charge in [-0.15, -0.1) is 10.2 Å². The van der Waals surface area contributed by atoms with Gasteiger partial charge in [0.05, 0.1) is 0 Å². The summed E-state index contributed by atoms with van der Waals surface area (Å²) in [5, 5.41) is 13.6. The predicted molar refractivity (Wildman–Crippen MR) is 78.7 cm³/mol. The van der Waals surface area contributed by atoms with Gasteiger partial charge in [0.25, 0.3) is 0 Å². The molecule has 112 valence electrons. The van der Waals surface area contributed by atoms with Crippen LogP contribution in [0.3, 0.4) is 0 Å². The fourth-order valence-corrected chi connectivity index (χ4v) is 2.21. The molecular formula is C12H21N5O2S. The molecule has 0 saturated heterocycles. The van der Waals surface area contributed by atoms with Crippen LogP contribution in [0, 0.1) is 6.92 Å². The van der Waals surface area contributed by atoms with Crippen molar-refractivity contribution in [2.75, 3.05) is 31.5 Å². The number of anilines is 1. The minimum Gasteiger partial charge on any atom is -0.348 e. The van der Waals surface area contributed by atoms with E-state index >= 15 is 0 Å². The van der Waals surface area contributed by atoms with E-state index in [0.717, 1.165) is 31.1 Å². The Hall–Kier alpha value is -1.54. The monoisotopic (exact) mass is 299 g/mol. The average Bonchev–Trinajstić information content (AvgIpc) is 2.84. The maximum atomic E-state index is 11.6. The number of hydrogen-bond donors (Lipinski definition) is 2. The average molecular weight is 299 g/mol. The first-order chi connectivity index (χ1) is 9.56. The number of amides is 2. The minimum absolute atomic E-state index is 0.339. The predicted octanol–water partition coefficient (Wildman–Crippen LogP) is 0.633. The lowest BCUT2D eigenvalue weighted by atomic mass is 10.3. The molecule has 1 heterocycles. The van der Waals surface area contributed by atoms with E-state index in [0.29, 0.717) is 11.7 Å². The fourth-order valence-electron chi connectivity index (χ4n) is 1.63. The Balaban J connectivity index is 2.23. The molecule has 1 rings (SSSR count). The molecule has 0 aliphatic heterocycles. The Morgan fingerprint density at radius 3 is 2.45 bits per heavy atom. The highest BCUT2D eigenvalue weighted by molar-refractivity contribution is 7.15. The lowest BCUT2D eigenvalue weighted by Crippen LogP contribution is -2.37. The van der Waals surface area contributed by atoms with Gasteiger partial charge in [0.1, 0.15) is 5.01 Å². The van der Waals surface area contributed by atoms with Gasteiger partial charge in [-0.2, -0.15) is 0 Å². The van der Waals surface area contributed by atoms with Gasteiger partial charge in [0, 0.05) is 6.54 Å². The molecule has 0 spiro atoms. The largest absolute Gasteiger partial charge is 0.348 e. The van der Waals surface area contributed by atoms with E-state index in [-0.39, 0.29) is 0 Å². The number of rotatable bonds is 7. The van der Waals surface area contributed by atoms with Gasteiger partial charge >= 0.3 is 11.8 Å². The van der Waals surface area contributed by atoms with E-state index in [9.17, 15) is 9.59 Å². The topological polar surface area (TPSA) is 87.2 Å². The van der Waals surface area contributed by atoms with Crippen molar-refractivity contribution >= 4 is 28.3 Å². The maximum absolute atomic E-state index is 11.6. The van der Waals surface area contributed by atoms with E-state index in [1.54, 1.807) is 6.92 Å². The van der Waals surface area contributed by atoms with Gasteiger partial charge in [-0.25, -0.2) is 0 Å². The molecule has 0 atom stereocenters. The van der Waals surface area contributed by atoms with E-state index in [2.05, 4.69) is 39.6 Å². The number of aromatic nitrogens is 2. The summed E-state index contributed by atoms with van der Waals surface area (Å²) >= 11 is 1.23. The molecule has 2 amide bonds. The molecule has 8 heteroatoms. The third-order valence-corrected chi connectivity index (χ3v) is 3.54. The van der Waals surface area contributed by atoms with Crippen LogP contribution in [-0.2, 0) is 9.59 Å². The molecule has 0 bridgehead atoms. The van der Waals surface area contributed by atoms with Crippen LogP contribution in [-0.4, -0.2) is 53.1 Å². The van der Waals surface area contributed by atoms with Crippen molar-refractivity contribution in [3.8, 4) is 0 Å². The molecular weight excluding hydrogens is 278 g/mol. The van der Waals surface area contributed by atoms with Crippen LogP contribution < -0.4 is 10.6 Å². The summed E-state index contributed by atoms with van der Waals surface area (Å²) < 4.78 is 0. The van der Waals surface area contributed by atoms with Gasteiger partial charge in [0.15, 0.2) is 0 Å². The standard InChI is InChI=1S/C12H21N5O2S/c1-4-17(5-2)8-6-7-13-10(18)11(19)14-12-16-15-9(3)20-12/h4-8H2,1-3H3,(H,13,18)(H,14,16,19). The summed E-state index contributed by atoms with van der Waals surface area (Å²) in [5.41, 5.74) is 0. The molecule has 0 saturated carbocycles. The normalized spacial score (nSPS) is 10.6. The summed E-state index contributed by atoms with van der Waals surface area (Å²) in [6.45, 7) is 9.34. The number of aryl methyl sites for hydroxylation is 1. The molecule has 2 N–H and O–H groups in total. The zero-order valence-corrected chi connectivity index (χ0v) is 12.9. The Kier molecular flexibility index (Phi) is 7.10. The van der Waals surface area contributed by atoms with Gasteiger partial charge < -0.3 is 10.2 Å². The first-order valence-corrected chi connectivity index (χ1v) is 7.50. The molecule has 1 aromatic rings. The first kappa shape index (κ1) is 16.5. The molecule has 0 aliphatic rings. The molecule has 20 heavy (non-hydrogen) atoms. The van der Waals surface area contributed by atoms with Crippen LogP contribution in [0.5, 0.6) is 0 Å². The van der Waals surface area contributed by atoms with Gasteiger partial charge in [-0.05, 0) is 33.0 Å². The zero-order valence-electron chi connectivity index (χ0n) is 12.1. The molecule has 0 aliphatic carbocycles. The smallest absolute Gasteiger partial charge is 0.315 e. The Morgan fingerprint density at radius 2 is 1.90 bits per heavy atom. The molecule has 0 unspecified atom stereocenters. The molecule has 0 radical (unpaired) electrons. The Morgan fingerprint density at radius 1 is 1.20 bits per heavy atom. The van der Waals surface area contributed by atoms with Crippen molar-refractivity contribution in [2.45, 2.75) is 27.2 Å². The van der Waals surface area contributed by atoms with E-state index < -0.39 is 11.8 Å². The van der Waals surface area contributed by atoms with E-state index in [1.807, 2.05) is 0 Å². The SMILES string of the molecule is CCN(CC)CCCNC(=O)C(=O)Nc1nnc(C)s1. The highest BCUT2D eigenvalue weighted by Gasteiger charge is 2.14. The number of carbonyl (C=O) groups excluding carboxylic acids is 2. The fraction of sp³-hybridized carbons (Fsp3) is 0.667. The summed E-state index contributed by atoms with van der Waals surface area (Å²) in [4.78, 5) is 25.4. The number of nitrogens with zero attached hydrogens (tertiary/aromatic N) is 3. The molecule has 7 nitrogen and oxygen atoms in total. The van der Waals surface area contributed by atoms with Crippen LogP contribution in [0.2, 0.25) is 0 Å². The Bertz CT molecular complexity index is 445. The third kappa shape index (κ3) is 5.62. The van der Waals surface area contributed by atoms with Gasteiger partial charge in [-0.3, -0.25) is 14.9 Å². The number of hydrogen-bond acceptors (Lipinski definition) is 6. The highest BCUT2D eigenvalue weighted by atomic mass is 32.1. The van der Waals surface area contributed by atoms with Crippen molar-refractivity contribution in [1.29, 1.82) is 0 Å². The van der Waals surface area contributed by atoms with Crippen molar-refractivity contribution < 1.29 is 9.59 Å². The summed E-state index contributed by atoms with van der Waals surface area (Å²) in [5.74, 6) is -1.35. The lowest BCUT2D eigenvalue weighted by molar-refractivity contribution is -0.136. The third-order valence-electron chi connectivity index (χ3n) is 2.78. The van der Waals surface area contributed by atoms with Crippen molar-refractivity contribution in [2.24, 2.45) is 0 Å². The van der Waals surface area contributed by atoms with Crippen LogP contribution in [0.1, 0.15) is 25.3 Å². The van der Waals surface area contributed by atoms with Crippen molar-refractivity contribution in [1.82, 2.24) is 20.4 Å². The quantitative estimate of drug-likeness (QED) is 0.570. The number of nitrogens with one attached hydrogen (secondary N) is 2. The van der Waals surface area contributed by atoms with Crippen LogP contribution in [0.4, 0.5) is 5.13 Å². The van der Waals surface area contributed by atoms with Crippen molar-refractivity contribution in [3.05, 3.63) is 5.01 Å². The maximum Gasteiger partial charge on any atom is 0.315 e. The minimum atomic E-state index is -0.705.